The maximum absolute atomic E-state index is 5.79. The molecule has 0 aliphatic rings. The highest BCUT2D eigenvalue weighted by molar-refractivity contribution is 5.38. The topological polar surface area (TPSA) is 65.1 Å². The first kappa shape index (κ1) is 15.5. The van der Waals surface area contributed by atoms with Gasteiger partial charge in [-0.2, -0.15) is 5.10 Å². The molecule has 0 bridgehead atoms. The van der Waals surface area contributed by atoms with Crippen LogP contribution in [0.1, 0.15) is 35.3 Å². The van der Waals surface area contributed by atoms with Gasteiger partial charge in [-0.3, -0.25) is 16.0 Å². The number of benzene rings is 1. The first-order valence-corrected chi connectivity index (χ1v) is 7.21. The highest BCUT2D eigenvalue weighted by atomic mass is 16.5. The van der Waals surface area contributed by atoms with Crippen LogP contribution in [0.3, 0.4) is 0 Å². The van der Waals surface area contributed by atoms with E-state index < -0.39 is 0 Å². The zero-order chi connectivity index (χ0) is 15.4. The molecule has 1 atom stereocenters. The fourth-order valence-corrected chi connectivity index (χ4v) is 2.66. The van der Waals surface area contributed by atoms with Gasteiger partial charge in [-0.15, -0.1) is 0 Å². The van der Waals surface area contributed by atoms with Crippen LogP contribution in [0.5, 0.6) is 5.75 Å². The molecule has 0 saturated carbocycles. The van der Waals surface area contributed by atoms with Crippen molar-refractivity contribution < 1.29 is 4.74 Å². The Labute approximate surface area is 126 Å². The Kier molecular flexibility index (Phi) is 4.98. The van der Waals surface area contributed by atoms with Gasteiger partial charge in [-0.05, 0) is 31.4 Å². The summed E-state index contributed by atoms with van der Waals surface area (Å²) in [5.74, 6) is 6.68. The Balaban J connectivity index is 2.33. The van der Waals surface area contributed by atoms with E-state index in [1.165, 1.54) is 5.56 Å². The molecule has 0 fully saturated rings. The highest BCUT2D eigenvalue weighted by Gasteiger charge is 2.19. The second-order valence-electron chi connectivity index (χ2n) is 5.30. The smallest absolute Gasteiger partial charge is 0.122 e. The van der Waals surface area contributed by atoms with Crippen molar-refractivity contribution in [2.24, 2.45) is 12.9 Å². The standard InChI is InChI=1S/C16H24N4O/c1-5-14-13(10-20(3)19-14)15(18-17)9-12-8-11(2)6-7-16(12)21-4/h6-8,10,15,18H,5,9,17H2,1-4H3. The second kappa shape index (κ2) is 6.74. The molecular weight excluding hydrogens is 264 g/mol. The molecule has 1 aromatic carbocycles. The van der Waals surface area contributed by atoms with Crippen LogP contribution in [-0.4, -0.2) is 16.9 Å². The molecule has 1 aromatic heterocycles. The molecular formula is C16H24N4O. The van der Waals surface area contributed by atoms with Crippen molar-refractivity contribution >= 4 is 0 Å². The van der Waals surface area contributed by atoms with Crippen LogP contribution in [0.2, 0.25) is 0 Å². The van der Waals surface area contributed by atoms with Crippen LogP contribution in [0.4, 0.5) is 0 Å². The molecule has 1 unspecified atom stereocenters. The van der Waals surface area contributed by atoms with Gasteiger partial charge in [0.25, 0.3) is 0 Å². The van der Waals surface area contributed by atoms with Gasteiger partial charge in [0.1, 0.15) is 5.75 Å². The third kappa shape index (κ3) is 3.43. The van der Waals surface area contributed by atoms with E-state index >= 15 is 0 Å². The first-order chi connectivity index (χ1) is 10.1. The molecule has 2 aromatic rings. The summed E-state index contributed by atoms with van der Waals surface area (Å²) in [6.07, 6.45) is 3.69. The third-order valence-electron chi connectivity index (χ3n) is 3.71. The van der Waals surface area contributed by atoms with E-state index in [4.69, 9.17) is 10.6 Å². The molecule has 0 saturated heterocycles. The molecule has 3 N–H and O–H groups in total. The minimum absolute atomic E-state index is 0.0179. The highest BCUT2D eigenvalue weighted by Crippen LogP contribution is 2.27. The van der Waals surface area contributed by atoms with Gasteiger partial charge < -0.3 is 4.74 Å². The maximum Gasteiger partial charge on any atom is 0.122 e. The summed E-state index contributed by atoms with van der Waals surface area (Å²) in [6.45, 7) is 4.18. The molecule has 5 heteroatoms. The average Bonchev–Trinajstić information content (AvgIpc) is 2.86. The van der Waals surface area contributed by atoms with E-state index in [0.717, 1.165) is 35.4 Å². The molecule has 0 radical (unpaired) electrons. The Morgan fingerprint density at radius 1 is 1.43 bits per heavy atom. The average molecular weight is 288 g/mol. The number of methoxy groups -OCH3 is 1. The van der Waals surface area contributed by atoms with Crippen LogP contribution in [0.25, 0.3) is 0 Å². The molecule has 0 aliphatic carbocycles. The Bertz CT molecular complexity index is 606. The van der Waals surface area contributed by atoms with Crippen LogP contribution in [-0.2, 0) is 19.9 Å². The molecule has 5 nitrogen and oxygen atoms in total. The predicted molar refractivity (Wildman–Crippen MR) is 84.1 cm³/mol. The monoisotopic (exact) mass is 288 g/mol. The summed E-state index contributed by atoms with van der Waals surface area (Å²) in [6, 6.07) is 6.21. The number of hydrogen-bond donors (Lipinski definition) is 2. The SMILES string of the molecule is CCc1nn(C)cc1C(Cc1cc(C)ccc1OC)NN. The van der Waals surface area contributed by atoms with Crippen molar-refractivity contribution in [2.45, 2.75) is 32.7 Å². The summed E-state index contributed by atoms with van der Waals surface area (Å²) in [7, 11) is 3.63. The number of hydrogen-bond acceptors (Lipinski definition) is 4. The lowest BCUT2D eigenvalue weighted by Gasteiger charge is -2.18. The van der Waals surface area contributed by atoms with Crippen molar-refractivity contribution in [3.63, 3.8) is 0 Å². The minimum atomic E-state index is 0.0179. The van der Waals surface area contributed by atoms with Crippen molar-refractivity contribution in [3.05, 3.63) is 46.8 Å². The van der Waals surface area contributed by atoms with Crippen LogP contribution in [0.15, 0.2) is 24.4 Å². The van der Waals surface area contributed by atoms with E-state index in [2.05, 4.69) is 36.5 Å². The zero-order valence-corrected chi connectivity index (χ0v) is 13.2. The molecule has 0 amide bonds. The van der Waals surface area contributed by atoms with Gasteiger partial charge in [0.2, 0.25) is 0 Å². The van der Waals surface area contributed by atoms with Crippen molar-refractivity contribution in [2.75, 3.05) is 7.11 Å². The van der Waals surface area contributed by atoms with Crippen LogP contribution in [0, 0.1) is 6.92 Å². The van der Waals surface area contributed by atoms with Gasteiger partial charge >= 0.3 is 0 Å². The second-order valence-corrected chi connectivity index (χ2v) is 5.30. The van der Waals surface area contributed by atoms with Crippen molar-refractivity contribution in [1.29, 1.82) is 0 Å². The number of ether oxygens (including phenoxy) is 1. The number of aromatic nitrogens is 2. The van der Waals surface area contributed by atoms with E-state index in [9.17, 15) is 0 Å². The normalized spacial score (nSPS) is 12.4. The number of nitrogens with zero attached hydrogens (tertiary/aromatic N) is 2. The quantitative estimate of drug-likeness (QED) is 0.631. The number of nitrogens with one attached hydrogen (secondary N) is 1. The molecule has 21 heavy (non-hydrogen) atoms. The number of rotatable bonds is 6. The summed E-state index contributed by atoms with van der Waals surface area (Å²) < 4.78 is 7.29. The molecule has 0 aliphatic heterocycles. The summed E-state index contributed by atoms with van der Waals surface area (Å²) in [5.41, 5.74) is 7.49. The first-order valence-electron chi connectivity index (χ1n) is 7.21. The van der Waals surface area contributed by atoms with Gasteiger partial charge in [0, 0.05) is 18.8 Å². The fraction of sp³-hybridized carbons (Fsp3) is 0.438. The zero-order valence-electron chi connectivity index (χ0n) is 13.2. The predicted octanol–water partition coefficient (Wildman–Crippen LogP) is 2.05. The molecule has 1 heterocycles. The summed E-state index contributed by atoms with van der Waals surface area (Å²) in [5, 5.41) is 4.49. The van der Waals surface area contributed by atoms with E-state index in [-0.39, 0.29) is 6.04 Å². The lowest BCUT2D eigenvalue weighted by molar-refractivity contribution is 0.405. The largest absolute Gasteiger partial charge is 0.496 e. The molecule has 0 spiro atoms. The fourth-order valence-electron chi connectivity index (χ4n) is 2.66. The lowest BCUT2D eigenvalue weighted by Crippen LogP contribution is -2.30. The minimum Gasteiger partial charge on any atom is -0.496 e. The van der Waals surface area contributed by atoms with Crippen LogP contribution >= 0.6 is 0 Å². The molecule has 114 valence electrons. The number of hydrazine groups is 1. The molecule has 2 rings (SSSR count). The number of aryl methyl sites for hydroxylation is 3. The maximum atomic E-state index is 5.79. The van der Waals surface area contributed by atoms with Gasteiger partial charge in [-0.25, -0.2) is 0 Å². The Hall–Kier alpha value is -1.85. The van der Waals surface area contributed by atoms with Gasteiger partial charge in [0.15, 0.2) is 0 Å². The van der Waals surface area contributed by atoms with E-state index in [1.807, 2.05) is 24.0 Å². The van der Waals surface area contributed by atoms with E-state index in [0.29, 0.717) is 0 Å². The van der Waals surface area contributed by atoms with Gasteiger partial charge in [-0.1, -0.05) is 24.6 Å². The third-order valence-corrected chi connectivity index (χ3v) is 3.71. The van der Waals surface area contributed by atoms with E-state index in [1.54, 1.807) is 7.11 Å². The summed E-state index contributed by atoms with van der Waals surface area (Å²) >= 11 is 0. The van der Waals surface area contributed by atoms with Crippen molar-refractivity contribution in [3.8, 4) is 5.75 Å². The lowest BCUT2D eigenvalue weighted by atomic mass is 9.97. The Morgan fingerprint density at radius 3 is 2.81 bits per heavy atom. The Morgan fingerprint density at radius 2 is 2.19 bits per heavy atom. The van der Waals surface area contributed by atoms with Gasteiger partial charge in [0.05, 0.1) is 18.8 Å². The van der Waals surface area contributed by atoms with Crippen molar-refractivity contribution in [1.82, 2.24) is 15.2 Å². The van der Waals surface area contributed by atoms with Crippen LogP contribution < -0.4 is 16.0 Å². The summed E-state index contributed by atoms with van der Waals surface area (Å²) in [4.78, 5) is 0. The number of nitrogens with two attached hydrogens (primary N) is 1.